The van der Waals surface area contributed by atoms with Gasteiger partial charge in [-0.25, -0.2) is 0 Å². The minimum atomic E-state index is 0.259. The quantitative estimate of drug-likeness (QED) is 0.822. The summed E-state index contributed by atoms with van der Waals surface area (Å²) in [6.45, 7) is 2.33. The number of aromatic nitrogens is 2. The minimum Gasteiger partial charge on any atom is -0.327 e. The molecular weight excluding hydrogens is 186 g/mol. The fraction of sp³-hybridized carbons (Fsp3) is 0.750. The van der Waals surface area contributed by atoms with Crippen molar-refractivity contribution in [2.75, 3.05) is 0 Å². The number of hydrogen-bond acceptors (Lipinski definition) is 2. The van der Waals surface area contributed by atoms with Gasteiger partial charge in [0.05, 0.1) is 5.69 Å². The highest BCUT2D eigenvalue weighted by Gasteiger charge is 2.34. The highest BCUT2D eigenvalue weighted by atomic mass is 15.2. The molecule has 1 atom stereocenters. The van der Waals surface area contributed by atoms with E-state index in [2.05, 4.69) is 18.1 Å². The Labute approximate surface area is 91.7 Å². The Morgan fingerprint density at radius 1 is 1.53 bits per heavy atom. The van der Waals surface area contributed by atoms with Crippen molar-refractivity contribution < 1.29 is 0 Å². The van der Waals surface area contributed by atoms with Crippen LogP contribution >= 0.6 is 0 Å². The van der Waals surface area contributed by atoms with E-state index in [0.29, 0.717) is 5.41 Å². The second-order valence-electron chi connectivity index (χ2n) is 5.15. The van der Waals surface area contributed by atoms with E-state index in [1.54, 1.807) is 0 Å². The van der Waals surface area contributed by atoms with Crippen LogP contribution in [0.25, 0.3) is 0 Å². The molecule has 3 heteroatoms. The van der Waals surface area contributed by atoms with Gasteiger partial charge in [0.1, 0.15) is 0 Å². The molecule has 1 aromatic heterocycles. The molecule has 1 fully saturated rings. The van der Waals surface area contributed by atoms with Crippen LogP contribution < -0.4 is 5.73 Å². The van der Waals surface area contributed by atoms with Crippen molar-refractivity contribution in [1.82, 2.24) is 9.78 Å². The Hall–Kier alpha value is -0.830. The maximum absolute atomic E-state index is 6.31. The monoisotopic (exact) mass is 207 g/mol. The number of nitrogens with zero attached hydrogens (tertiary/aromatic N) is 2. The number of hydrogen-bond donors (Lipinski definition) is 1. The van der Waals surface area contributed by atoms with Gasteiger partial charge in [-0.15, -0.1) is 0 Å². The van der Waals surface area contributed by atoms with Gasteiger partial charge in [0.25, 0.3) is 0 Å². The molecule has 0 saturated heterocycles. The highest BCUT2D eigenvalue weighted by molar-refractivity contribution is 5.04. The van der Waals surface area contributed by atoms with Gasteiger partial charge in [-0.2, -0.15) is 5.10 Å². The van der Waals surface area contributed by atoms with Crippen molar-refractivity contribution in [2.45, 2.75) is 45.1 Å². The first-order valence-corrected chi connectivity index (χ1v) is 5.84. The SMILES string of the molecule is Cn1ccc(CC(N)C2(C)CCCC2)n1. The maximum Gasteiger partial charge on any atom is 0.0640 e. The first-order chi connectivity index (χ1) is 7.10. The van der Waals surface area contributed by atoms with E-state index in [9.17, 15) is 0 Å². The van der Waals surface area contributed by atoms with Gasteiger partial charge in [-0.05, 0) is 24.3 Å². The van der Waals surface area contributed by atoms with Crippen LogP contribution in [0.1, 0.15) is 38.3 Å². The third-order valence-electron chi connectivity index (χ3n) is 3.84. The zero-order valence-corrected chi connectivity index (χ0v) is 9.74. The Morgan fingerprint density at radius 2 is 2.20 bits per heavy atom. The van der Waals surface area contributed by atoms with Crippen molar-refractivity contribution in [2.24, 2.45) is 18.2 Å². The van der Waals surface area contributed by atoms with Crippen LogP contribution in [0, 0.1) is 5.41 Å². The Bertz CT molecular complexity index is 323. The third kappa shape index (κ3) is 2.23. The molecule has 1 heterocycles. The third-order valence-corrected chi connectivity index (χ3v) is 3.84. The maximum atomic E-state index is 6.31. The second kappa shape index (κ2) is 3.97. The topological polar surface area (TPSA) is 43.8 Å². The number of rotatable bonds is 3. The van der Waals surface area contributed by atoms with E-state index in [1.807, 2.05) is 17.9 Å². The fourth-order valence-corrected chi connectivity index (χ4v) is 2.60. The summed E-state index contributed by atoms with van der Waals surface area (Å²) in [6, 6.07) is 2.33. The lowest BCUT2D eigenvalue weighted by Crippen LogP contribution is -2.39. The van der Waals surface area contributed by atoms with Crippen molar-refractivity contribution >= 4 is 0 Å². The normalized spacial score (nSPS) is 21.8. The van der Waals surface area contributed by atoms with Gasteiger partial charge < -0.3 is 5.73 Å². The van der Waals surface area contributed by atoms with Crippen LogP contribution in [-0.4, -0.2) is 15.8 Å². The highest BCUT2D eigenvalue weighted by Crippen LogP contribution is 2.40. The Balaban J connectivity index is 1.99. The van der Waals surface area contributed by atoms with Gasteiger partial charge in [-0.3, -0.25) is 4.68 Å². The van der Waals surface area contributed by atoms with Crippen LogP contribution in [0.4, 0.5) is 0 Å². The van der Waals surface area contributed by atoms with Crippen molar-refractivity contribution in [3.05, 3.63) is 18.0 Å². The summed E-state index contributed by atoms with van der Waals surface area (Å²) < 4.78 is 1.85. The van der Waals surface area contributed by atoms with Crippen molar-refractivity contribution in [3.8, 4) is 0 Å². The fourth-order valence-electron chi connectivity index (χ4n) is 2.60. The molecule has 0 bridgehead atoms. The molecule has 0 aliphatic heterocycles. The summed E-state index contributed by atoms with van der Waals surface area (Å²) in [4.78, 5) is 0. The smallest absolute Gasteiger partial charge is 0.0640 e. The average molecular weight is 207 g/mol. The standard InChI is InChI=1S/C12H21N3/c1-12(6-3-4-7-12)11(13)9-10-5-8-15(2)14-10/h5,8,11H,3-4,6-7,9,13H2,1-2H3. The zero-order valence-electron chi connectivity index (χ0n) is 9.74. The molecule has 0 spiro atoms. The first-order valence-electron chi connectivity index (χ1n) is 5.84. The van der Waals surface area contributed by atoms with E-state index in [4.69, 9.17) is 5.73 Å². The van der Waals surface area contributed by atoms with Crippen LogP contribution in [0.2, 0.25) is 0 Å². The van der Waals surface area contributed by atoms with E-state index in [1.165, 1.54) is 25.7 Å². The molecular formula is C12H21N3. The summed E-state index contributed by atoms with van der Waals surface area (Å²) in [5, 5.41) is 4.39. The van der Waals surface area contributed by atoms with E-state index in [0.717, 1.165) is 12.1 Å². The zero-order chi connectivity index (χ0) is 10.9. The van der Waals surface area contributed by atoms with Gasteiger partial charge in [-0.1, -0.05) is 19.8 Å². The van der Waals surface area contributed by atoms with Crippen molar-refractivity contribution in [1.29, 1.82) is 0 Å². The van der Waals surface area contributed by atoms with Crippen LogP contribution in [-0.2, 0) is 13.5 Å². The number of aryl methyl sites for hydroxylation is 1. The minimum absolute atomic E-state index is 0.259. The van der Waals surface area contributed by atoms with Gasteiger partial charge in [0, 0.05) is 25.7 Å². The molecule has 2 N–H and O–H groups in total. The number of nitrogens with two attached hydrogens (primary N) is 1. The largest absolute Gasteiger partial charge is 0.327 e. The Morgan fingerprint density at radius 3 is 2.73 bits per heavy atom. The lowest BCUT2D eigenvalue weighted by atomic mass is 9.79. The summed E-state index contributed by atoms with van der Waals surface area (Å²) in [6.07, 6.45) is 8.14. The molecule has 84 valence electrons. The van der Waals surface area contributed by atoms with Crippen LogP contribution in [0.5, 0.6) is 0 Å². The molecule has 1 aromatic rings. The molecule has 0 amide bonds. The van der Waals surface area contributed by atoms with Crippen LogP contribution in [0.15, 0.2) is 12.3 Å². The molecule has 3 nitrogen and oxygen atoms in total. The second-order valence-corrected chi connectivity index (χ2v) is 5.15. The van der Waals surface area contributed by atoms with Gasteiger partial charge in [0.2, 0.25) is 0 Å². The summed E-state index contributed by atoms with van der Waals surface area (Å²) in [5.74, 6) is 0. The van der Waals surface area contributed by atoms with E-state index < -0.39 is 0 Å². The molecule has 0 aromatic carbocycles. The first kappa shape index (κ1) is 10.7. The predicted octanol–water partition coefficient (Wildman–Crippen LogP) is 1.87. The molecule has 0 radical (unpaired) electrons. The lowest BCUT2D eigenvalue weighted by molar-refractivity contribution is 0.259. The molecule has 1 saturated carbocycles. The van der Waals surface area contributed by atoms with Crippen molar-refractivity contribution in [3.63, 3.8) is 0 Å². The summed E-state index contributed by atoms with van der Waals surface area (Å²) in [5.41, 5.74) is 7.77. The average Bonchev–Trinajstić information content (AvgIpc) is 2.76. The summed E-state index contributed by atoms with van der Waals surface area (Å²) >= 11 is 0. The Kier molecular flexibility index (Phi) is 2.83. The molecule has 1 aliphatic rings. The molecule has 2 rings (SSSR count). The molecule has 15 heavy (non-hydrogen) atoms. The summed E-state index contributed by atoms with van der Waals surface area (Å²) in [7, 11) is 1.95. The van der Waals surface area contributed by atoms with Gasteiger partial charge >= 0.3 is 0 Å². The molecule has 1 unspecified atom stereocenters. The van der Waals surface area contributed by atoms with E-state index >= 15 is 0 Å². The predicted molar refractivity (Wildman–Crippen MR) is 61.5 cm³/mol. The van der Waals surface area contributed by atoms with Crippen LogP contribution in [0.3, 0.4) is 0 Å². The van der Waals surface area contributed by atoms with Gasteiger partial charge in [0.15, 0.2) is 0 Å². The molecule has 1 aliphatic carbocycles. The van der Waals surface area contributed by atoms with E-state index in [-0.39, 0.29) is 6.04 Å². The lowest BCUT2D eigenvalue weighted by Gasteiger charge is -2.30.